The third kappa shape index (κ3) is 6.33. The fourth-order valence-corrected chi connectivity index (χ4v) is 5.08. The van der Waals surface area contributed by atoms with E-state index in [-0.39, 0.29) is 30.3 Å². The maximum absolute atomic E-state index is 13.7. The zero-order valence-corrected chi connectivity index (χ0v) is 20.6. The third-order valence-electron chi connectivity index (χ3n) is 6.17. The van der Waals surface area contributed by atoms with Gasteiger partial charge in [0, 0.05) is 24.1 Å². The smallest absolute Gasteiger partial charge is 0.261 e. The highest BCUT2D eigenvalue weighted by atomic mass is 32.1. The van der Waals surface area contributed by atoms with Crippen molar-refractivity contribution in [1.82, 2.24) is 15.6 Å². The van der Waals surface area contributed by atoms with E-state index in [9.17, 15) is 14.4 Å². The zero-order chi connectivity index (χ0) is 24.6. The topological polar surface area (TPSA) is 91.4 Å². The molecular formula is C27H30N4O3S. The zero-order valence-electron chi connectivity index (χ0n) is 19.8. The van der Waals surface area contributed by atoms with Crippen LogP contribution in [0.1, 0.15) is 58.9 Å². The fourth-order valence-electron chi connectivity index (χ4n) is 4.44. The number of thiophene rings is 1. The summed E-state index contributed by atoms with van der Waals surface area (Å²) in [7, 11) is 0. The summed E-state index contributed by atoms with van der Waals surface area (Å²) in [5.41, 5.74) is 2.22. The first-order chi connectivity index (χ1) is 17.0. The highest BCUT2D eigenvalue weighted by Gasteiger charge is 2.34. The van der Waals surface area contributed by atoms with E-state index >= 15 is 0 Å². The number of nitrogens with zero attached hydrogens (tertiary/aromatic N) is 2. The van der Waals surface area contributed by atoms with Gasteiger partial charge in [0.2, 0.25) is 11.8 Å². The van der Waals surface area contributed by atoms with Crippen molar-refractivity contribution in [2.75, 3.05) is 11.4 Å². The lowest BCUT2D eigenvalue weighted by Crippen LogP contribution is -2.49. The molecule has 3 amide bonds. The maximum atomic E-state index is 13.7. The van der Waals surface area contributed by atoms with E-state index < -0.39 is 6.04 Å². The SMILES string of the molecule is Cc1cccc(N(C(=O)CNC(=O)c2cccs2)[C@H](C(=O)NC2CCCCC2)c2ccncc2)c1. The molecule has 8 heteroatoms. The molecule has 35 heavy (non-hydrogen) atoms. The van der Waals surface area contributed by atoms with Gasteiger partial charge in [-0.15, -0.1) is 11.3 Å². The number of aryl methyl sites for hydroxylation is 1. The molecule has 2 aromatic heterocycles. The number of amides is 3. The summed E-state index contributed by atoms with van der Waals surface area (Å²) < 4.78 is 0. The molecule has 0 unspecified atom stereocenters. The van der Waals surface area contributed by atoms with Crippen molar-refractivity contribution in [2.24, 2.45) is 0 Å². The summed E-state index contributed by atoms with van der Waals surface area (Å²) >= 11 is 1.31. The number of nitrogens with one attached hydrogen (secondary N) is 2. The van der Waals surface area contributed by atoms with E-state index in [0.29, 0.717) is 16.1 Å². The van der Waals surface area contributed by atoms with E-state index in [1.807, 2.05) is 36.6 Å². The molecule has 4 rings (SSSR count). The van der Waals surface area contributed by atoms with Crippen LogP contribution in [0.25, 0.3) is 0 Å². The van der Waals surface area contributed by atoms with Crippen LogP contribution in [-0.2, 0) is 9.59 Å². The van der Waals surface area contributed by atoms with E-state index in [0.717, 1.165) is 31.2 Å². The van der Waals surface area contributed by atoms with Crippen molar-refractivity contribution in [2.45, 2.75) is 51.1 Å². The van der Waals surface area contributed by atoms with Crippen LogP contribution in [0.15, 0.2) is 66.3 Å². The van der Waals surface area contributed by atoms with Crippen LogP contribution >= 0.6 is 11.3 Å². The van der Waals surface area contributed by atoms with Gasteiger partial charge >= 0.3 is 0 Å². The molecule has 1 saturated carbocycles. The molecule has 0 aliphatic heterocycles. The molecule has 0 radical (unpaired) electrons. The fraction of sp³-hybridized carbons (Fsp3) is 0.333. The standard InChI is InChI=1S/C27H30N4O3S/c1-19-7-5-10-22(17-19)31(24(32)18-29-26(33)23-11-6-16-35-23)25(20-12-14-28-15-13-20)27(34)30-21-8-3-2-4-9-21/h5-7,10-17,21,25H,2-4,8-9,18H2,1H3,(H,29,33)(H,30,34)/t25-/m0/s1. The molecule has 1 aliphatic carbocycles. The van der Waals surface area contributed by atoms with Crippen LogP contribution in [0, 0.1) is 6.92 Å². The lowest BCUT2D eigenvalue weighted by molar-refractivity contribution is -0.127. The van der Waals surface area contributed by atoms with Crippen LogP contribution in [-0.4, -0.2) is 35.3 Å². The third-order valence-corrected chi connectivity index (χ3v) is 7.04. The molecule has 1 atom stereocenters. The number of benzene rings is 1. The van der Waals surface area contributed by atoms with Gasteiger partial charge in [0.05, 0.1) is 11.4 Å². The maximum Gasteiger partial charge on any atom is 0.261 e. The van der Waals surface area contributed by atoms with Gasteiger partial charge in [0.15, 0.2) is 0 Å². The van der Waals surface area contributed by atoms with Crippen molar-refractivity contribution >= 4 is 34.7 Å². The van der Waals surface area contributed by atoms with Gasteiger partial charge in [0.1, 0.15) is 6.04 Å². The van der Waals surface area contributed by atoms with Gasteiger partial charge in [-0.25, -0.2) is 0 Å². The lowest BCUT2D eigenvalue weighted by Gasteiger charge is -2.33. The Kier molecular flexibility index (Phi) is 8.26. The minimum atomic E-state index is -0.895. The second-order valence-corrected chi connectivity index (χ2v) is 9.74. The molecule has 3 aromatic rings. The number of hydrogen-bond acceptors (Lipinski definition) is 5. The van der Waals surface area contributed by atoms with Gasteiger partial charge in [-0.1, -0.05) is 37.5 Å². The van der Waals surface area contributed by atoms with Crippen LogP contribution in [0.4, 0.5) is 5.69 Å². The molecule has 0 bridgehead atoms. The predicted octanol–water partition coefficient (Wildman–Crippen LogP) is 4.40. The van der Waals surface area contributed by atoms with Crippen LogP contribution in [0.3, 0.4) is 0 Å². The second-order valence-electron chi connectivity index (χ2n) is 8.79. The quantitative estimate of drug-likeness (QED) is 0.490. The predicted molar refractivity (Wildman–Crippen MR) is 137 cm³/mol. The van der Waals surface area contributed by atoms with Crippen LogP contribution < -0.4 is 15.5 Å². The van der Waals surface area contributed by atoms with Gasteiger partial charge in [-0.2, -0.15) is 0 Å². The largest absolute Gasteiger partial charge is 0.351 e. The Morgan fingerprint density at radius 2 is 1.83 bits per heavy atom. The summed E-state index contributed by atoms with van der Waals surface area (Å²) in [6.07, 6.45) is 8.45. The van der Waals surface area contributed by atoms with Crippen molar-refractivity contribution in [3.63, 3.8) is 0 Å². The van der Waals surface area contributed by atoms with Gasteiger partial charge < -0.3 is 10.6 Å². The molecule has 0 saturated heterocycles. The Morgan fingerprint density at radius 3 is 2.51 bits per heavy atom. The average molecular weight is 491 g/mol. The summed E-state index contributed by atoms with van der Waals surface area (Å²) in [5.74, 6) is -0.923. The summed E-state index contributed by atoms with van der Waals surface area (Å²) in [6.45, 7) is 1.71. The van der Waals surface area contributed by atoms with Crippen molar-refractivity contribution in [3.8, 4) is 0 Å². The Bertz CT molecular complexity index is 1140. The van der Waals surface area contributed by atoms with Crippen molar-refractivity contribution < 1.29 is 14.4 Å². The summed E-state index contributed by atoms with van der Waals surface area (Å²) in [6, 6.07) is 13.7. The number of carbonyl (C=O) groups excluding carboxylic acids is 3. The molecule has 2 N–H and O–H groups in total. The average Bonchev–Trinajstić information content (AvgIpc) is 3.42. The lowest BCUT2D eigenvalue weighted by atomic mass is 9.94. The minimum absolute atomic E-state index is 0.0913. The monoisotopic (exact) mass is 490 g/mol. The molecule has 7 nitrogen and oxygen atoms in total. The second kappa shape index (κ2) is 11.8. The van der Waals surface area contributed by atoms with Gasteiger partial charge in [-0.05, 0) is 66.6 Å². The molecule has 182 valence electrons. The van der Waals surface area contributed by atoms with Crippen LogP contribution in [0.2, 0.25) is 0 Å². The first-order valence-corrected chi connectivity index (χ1v) is 12.8. The number of anilines is 1. The molecule has 1 aliphatic rings. The molecule has 1 fully saturated rings. The van der Waals surface area contributed by atoms with E-state index in [2.05, 4.69) is 15.6 Å². The van der Waals surface area contributed by atoms with Crippen LogP contribution in [0.5, 0.6) is 0 Å². The first-order valence-electron chi connectivity index (χ1n) is 11.9. The van der Waals surface area contributed by atoms with Crippen molar-refractivity contribution in [3.05, 3.63) is 82.3 Å². The van der Waals surface area contributed by atoms with E-state index in [1.54, 1.807) is 36.7 Å². The van der Waals surface area contributed by atoms with E-state index in [4.69, 9.17) is 0 Å². The Hall–Kier alpha value is -3.52. The minimum Gasteiger partial charge on any atom is -0.351 e. The van der Waals surface area contributed by atoms with Gasteiger partial charge in [0.25, 0.3) is 5.91 Å². The summed E-state index contributed by atoms with van der Waals surface area (Å²) in [4.78, 5) is 46.0. The number of aromatic nitrogens is 1. The van der Waals surface area contributed by atoms with Crippen molar-refractivity contribution in [1.29, 1.82) is 0 Å². The first kappa shape index (κ1) is 24.6. The number of hydrogen-bond donors (Lipinski definition) is 2. The van der Waals surface area contributed by atoms with E-state index in [1.165, 1.54) is 22.7 Å². The number of pyridine rings is 1. The Morgan fingerprint density at radius 1 is 1.06 bits per heavy atom. The molecule has 2 heterocycles. The Balaban J connectivity index is 1.66. The molecule has 1 aromatic carbocycles. The Labute approximate surface area is 209 Å². The summed E-state index contributed by atoms with van der Waals surface area (Å²) in [5, 5.41) is 7.71. The number of rotatable bonds is 8. The normalized spacial score (nSPS) is 14.7. The molecule has 0 spiro atoms. The highest BCUT2D eigenvalue weighted by Crippen LogP contribution is 2.29. The molecular weight excluding hydrogens is 460 g/mol. The van der Waals surface area contributed by atoms with Gasteiger partial charge in [-0.3, -0.25) is 24.3 Å². The number of carbonyl (C=O) groups is 3. The highest BCUT2D eigenvalue weighted by molar-refractivity contribution is 7.12.